The maximum atomic E-state index is 10.2. The molecule has 0 aliphatic carbocycles. The minimum absolute atomic E-state index is 0.0864. The zero-order chi connectivity index (χ0) is 23.4. The fourth-order valence-corrected chi connectivity index (χ4v) is 4.56. The molecule has 2 aromatic carbocycles. The highest BCUT2D eigenvalue weighted by atomic mass is 35.5. The molecule has 1 aromatic heterocycles. The number of hydrogen-bond donors (Lipinski definition) is 1. The number of rotatable bonds is 5. The van der Waals surface area contributed by atoms with Gasteiger partial charge in [-0.2, -0.15) is 10.5 Å². The summed E-state index contributed by atoms with van der Waals surface area (Å²) >= 11 is 12.3. The summed E-state index contributed by atoms with van der Waals surface area (Å²) in [5.74, 6) is 0. The lowest BCUT2D eigenvalue weighted by Gasteiger charge is -2.45. The molecule has 33 heavy (non-hydrogen) atoms. The summed E-state index contributed by atoms with van der Waals surface area (Å²) in [5.41, 5.74) is 3.57. The van der Waals surface area contributed by atoms with E-state index >= 15 is 0 Å². The van der Waals surface area contributed by atoms with E-state index in [0.29, 0.717) is 46.5 Å². The number of benzene rings is 2. The van der Waals surface area contributed by atoms with Crippen molar-refractivity contribution < 1.29 is 5.11 Å². The summed E-state index contributed by atoms with van der Waals surface area (Å²) in [6, 6.07) is 20.5. The Morgan fingerprint density at radius 3 is 2.39 bits per heavy atom. The molecule has 0 saturated carbocycles. The molecule has 0 amide bonds. The third kappa shape index (κ3) is 4.95. The van der Waals surface area contributed by atoms with E-state index in [4.69, 9.17) is 28.5 Å². The van der Waals surface area contributed by atoms with Gasteiger partial charge in [0.25, 0.3) is 0 Å². The van der Waals surface area contributed by atoms with E-state index in [-0.39, 0.29) is 18.7 Å². The van der Waals surface area contributed by atoms with Gasteiger partial charge < -0.3 is 10.0 Å². The van der Waals surface area contributed by atoms with E-state index in [1.54, 1.807) is 24.3 Å². The lowest BCUT2D eigenvalue weighted by atomic mass is 9.98. The Labute approximate surface area is 202 Å². The van der Waals surface area contributed by atoms with Gasteiger partial charge >= 0.3 is 0 Å². The quantitative estimate of drug-likeness (QED) is 0.571. The number of hydrogen-bond acceptors (Lipinski definition) is 6. The summed E-state index contributed by atoms with van der Waals surface area (Å²) < 4.78 is 0. The molecule has 2 heterocycles. The highest BCUT2D eigenvalue weighted by molar-refractivity contribution is 6.31. The smallest absolute Gasteiger partial charge is 0.101 e. The SMILES string of the molecule is N#Cc1ccc([C@@H](CO)N2CCN(c3ccc(Cl)cc3C#N)[C@H](c3ccc(Cl)cc3)C2)nc1. The first kappa shape index (κ1) is 23.0. The molecule has 1 N–H and O–H groups in total. The van der Waals surface area contributed by atoms with E-state index in [1.165, 1.54) is 6.20 Å². The lowest BCUT2D eigenvalue weighted by Crippen LogP contribution is -2.50. The van der Waals surface area contributed by atoms with Crippen molar-refractivity contribution in [1.82, 2.24) is 9.88 Å². The van der Waals surface area contributed by atoms with Crippen LogP contribution in [0.2, 0.25) is 10.0 Å². The second-order valence-corrected chi connectivity index (χ2v) is 8.68. The van der Waals surface area contributed by atoms with Crippen LogP contribution in [0.4, 0.5) is 5.69 Å². The molecule has 2 atom stereocenters. The monoisotopic (exact) mass is 477 g/mol. The normalized spacial score (nSPS) is 17.2. The molecule has 6 nitrogen and oxygen atoms in total. The van der Waals surface area contributed by atoms with E-state index in [1.807, 2.05) is 30.3 Å². The van der Waals surface area contributed by atoms with Crippen molar-refractivity contribution in [3.8, 4) is 12.1 Å². The second kappa shape index (κ2) is 10.2. The predicted octanol–water partition coefficient (Wildman–Crippen LogP) is 4.73. The summed E-state index contributed by atoms with van der Waals surface area (Å²) in [4.78, 5) is 8.80. The maximum absolute atomic E-state index is 10.2. The Balaban J connectivity index is 1.69. The fourth-order valence-electron chi connectivity index (χ4n) is 4.26. The van der Waals surface area contributed by atoms with Gasteiger partial charge in [-0.05, 0) is 48.0 Å². The van der Waals surface area contributed by atoms with Crippen LogP contribution in [0.25, 0.3) is 0 Å². The number of anilines is 1. The number of aromatic nitrogens is 1. The molecule has 1 aliphatic rings. The van der Waals surface area contributed by atoms with Crippen molar-refractivity contribution in [3.05, 3.63) is 93.2 Å². The van der Waals surface area contributed by atoms with Crippen molar-refractivity contribution in [2.45, 2.75) is 12.1 Å². The van der Waals surface area contributed by atoms with Crippen molar-refractivity contribution in [3.63, 3.8) is 0 Å². The number of nitrogens with zero attached hydrogens (tertiary/aromatic N) is 5. The number of pyridine rings is 1. The van der Waals surface area contributed by atoms with Gasteiger partial charge in [-0.15, -0.1) is 0 Å². The van der Waals surface area contributed by atoms with E-state index in [9.17, 15) is 10.4 Å². The Kier molecular flexibility index (Phi) is 7.13. The highest BCUT2D eigenvalue weighted by Crippen LogP contribution is 2.36. The Morgan fingerprint density at radius 2 is 1.76 bits per heavy atom. The van der Waals surface area contributed by atoms with Crippen molar-refractivity contribution in [2.75, 3.05) is 31.1 Å². The Hall–Kier alpha value is -3.13. The van der Waals surface area contributed by atoms with Gasteiger partial charge in [0.1, 0.15) is 12.1 Å². The van der Waals surface area contributed by atoms with Crippen molar-refractivity contribution in [2.24, 2.45) is 0 Å². The molecule has 0 radical (unpaired) electrons. The molecular formula is C25H21Cl2N5O. The van der Waals surface area contributed by atoms with Gasteiger partial charge in [-0.3, -0.25) is 9.88 Å². The molecule has 8 heteroatoms. The van der Waals surface area contributed by atoms with Crippen LogP contribution < -0.4 is 4.90 Å². The predicted molar refractivity (Wildman–Crippen MR) is 128 cm³/mol. The van der Waals surface area contributed by atoms with Gasteiger partial charge in [0.05, 0.1) is 41.2 Å². The first-order valence-corrected chi connectivity index (χ1v) is 11.2. The van der Waals surface area contributed by atoms with Crippen molar-refractivity contribution in [1.29, 1.82) is 10.5 Å². The molecule has 1 fully saturated rings. The molecule has 4 rings (SSSR count). The minimum Gasteiger partial charge on any atom is -0.394 e. The standard InChI is InChI=1S/C25H21Cl2N5O/c26-20-4-2-18(3-5-20)24-15-31(25(16-33)22-7-1-17(12-28)14-30-22)9-10-32(24)23-8-6-21(27)11-19(23)13-29/h1-8,11,14,24-25,33H,9-10,15-16H2/t24-,25+/m0/s1. The van der Waals surface area contributed by atoms with Gasteiger partial charge in [0, 0.05) is 35.9 Å². The first-order valence-electron chi connectivity index (χ1n) is 10.5. The average Bonchev–Trinajstić information content (AvgIpc) is 2.85. The maximum Gasteiger partial charge on any atom is 0.101 e. The largest absolute Gasteiger partial charge is 0.394 e. The molecule has 166 valence electrons. The van der Waals surface area contributed by atoms with Crippen LogP contribution in [0.5, 0.6) is 0 Å². The van der Waals surface area contributed by atoms with E-state index < -0.39 is 0 Å². The van der Waals surface area contributed by atoms with Gasteiger partial charge in [0.15, 0.2) is 0 Å². The summed E-state index contributed by atoms with van der Waals surface area (Å²) in [6.07, 6.45) is 1.53. The number of nitriles is 2. The van der Waals surface area contributed by atoms with Crippen molar-refractivity contribution >= 4 is 28.9 Å². The summed E-state index contributed by atoms with van der Waals surface area (Å²) in [7, 11) is 0. The van der Waals surface area contributed by atoms with Crippen LogP contribution in [0.15, 0.2) is 60.8 Å². The molecule has 0 bridgehead atoms. The number of halogens is 2. The summed E-state index contributed by atoms with van der Waals surface area (Å²) in [6.45, 7) is 1.79. The van der Waals surface area contributed by atoms with Crippen LogP contribution in [0.3, 0.4) is 0 Å². The van der Waals surface area contributed by atoms with Crippen LogP contribution in [-0.4, -0.2) is 41.2 Å². The number of aliphatic hydroxyl groups is 1. The second-order valence-electron chi connectivity index (χ2n) is 7.81. The van der Waals surface area contributed by atoms with Crippen LogP contribution in [-0.2, 0) is 0 Å². The molecule has 1 aliphatic heterocycles. The molecule has 1 saturated heterocycles. The third-order valence-corrected chi connectivity index (χ3v) is 6.41. The topological polar surface area (TPSA) is 87.2 Å². The van der Waals surface area contributed by atoms with Crippen LogP contribution in [0, 0.1) is 22.7 Å². The molecule has 0 spiro atoms. The highest BCUT2D eigenvalue weighted by Gasteiger charge is 2.34. The van der Waals surface area contributed by atoms with Gasteiger partial charge in [-0.25, -0.2) is 0 Å². The first-order chi connectivity index (χ1) is 16.0. The number of aliphatic hydroxyl groups excluding tert-OH is 1. The summed E-state index contributed by atoms with van der Waals surface area (Å²) in [5, 5.41) is 30.1. The molecule has 3 aromatic rings. The van der Waals surface area contributed by atoms with Gasteiger partial charge in [0.2, 0.25) is 0 Å². The van der Waals surface area contributed by atoms with E-state index in [2.05, 4.69) is 26.9 Å². The Bertz CT molecular complexity index is 1200. The lowest BCUT2D eigenvalue weighted by molar-refractivity contribution is 0.100. The van der Waals surface area contributed by atoms with Gasteiger partial charge in [-0.1, -0.05) is 35.3 Å². The zero-order valence-electron chi connectivity index (χ0n) is 17.7. The molecule has 0 unspecified atom stereocenters. The number of piperazine rings is 1. The minimum atomic E-state index is -0.310. The van der Waals surface area contributed by atoms with Crippen LogP contribution >= 0.6 is 23.2 Å². The fraction of sp³-hybridized carbons (Fsp3) is 0.240. The van der Waals surface area contributed by atoms with Crippen LogP contribution in [0.1, 0.15) is 34.5 Å². The third-order valence-electron chi connectivity index (χ3n) is 5.93. The van der Waals surface area contributed by atoms with E-state index in [0.717, 1.165) is 11.3 Å². The average molecular weight is 478 g/mol. The molecular weight excluding hydrogens is 457 g/mol. The zero-order valence-corrected chi connectivity index (χ0v) is 19.2. The Morgan fingerprint density at radius 1 is 1.00 bits per heavy atom.